The van der Waals surface area contributed by atoms with Crippen LogP contribution in [0.25, 0.3) is 0 Å². The van der Waals surface area contributed by atoms with Gasteiger partial charge in [-0.25, -0.2) is 0 Å². The monoisotopic (exact) mass is 226 g/mol. The van der Waals surface area contributed by atoms with Crippen molar-refractivity contribution in [2.24, 2.45) is 0 Å². The molecule has 0 rings (SSSR count). The summed E-state index contributed by atoms with van der Waals surface area (Å²) in [7, 11) is 0. The van der Waals surface area contributed by atoms with Crippen molar-refractivity contribution < 1.29 is 9.53 Å². The van der Waals surface area contributed by atoms with E-state index in [-0.39, 0.29) is 5.97 Å². The maximum absolute atomic E-state index is 11.4. The molecule has 0 aliphatic heterocycles. The van der Waals surface area contributed by atoms with Crippen LogP contribution in [0.15, 0.2) is 0 Å². The summed E-state index contributed by atoms with van der Waals surface area (Å²) < 4.78 is 5.21. The quantitative estimate of drug-likeness (QED) is 0.650. The third-order valence-electron chi connectivity index (χ3n) is 2.04. The van der Waals surface area contributed by atoms with Crippen molar-refractivity contribution in [1.82, 2.24) is 4.90 Å². The molecule has 0 spiro atoms. The normalized spacial score (nSPS) is 11.2. The van der Waals surface area contributed by atoms with Crippen LogP contribution in [0.5, 0.6) is 0 Å². The smallest absolute Gasteiger partial charge is 0.307 e. The van der Waals surface area contributed by atoms with Crippen LogP contribution in [0.4, 0.5) is 0 Å². The number of hydrogen-bond acceptors (Lipinski definition) is 4. The highest BCUT2D eigenvalue weighted by molar-refractivity contribution is 5.70. The molecule has 0 saturated carbocycles. The van der Waals surface area contributed by atoms with Crippen molar-refractivity contribution in [3.63, 3.8) is 0 Å². The Hall–Kier alpha value is -1.08. The minimum atomic E-state index is -0.416. The Kier molecular flexibility index (Phi) is 6.75. The van der Waals surface area contributed by atoms with Crippen molar-refractivity contribution >= 4 is 5.97 Å². The molecule has 92 valence electrons. The lowest BCUT2D eigenvalue weighted by molar-refractivity contribution is -0.155. The third kappa shape index (κ3) is 8.25. The first-order valence-corrected chi connectivity index (χ1v) is 5.70. The van der Waals surface area contributed by atoms with Crippen LogP contribution in [0.3, 0.4) is 0 Å². The zero-order valence-corrected chi connectivity index (χ0v) is 10.7. The lowest BCUT2D eigenvalue weighted by atomic mass is 10.2. The summed E-state index contributed by atoms with van der Waals surface area (Å²) in [5.74, 6) is -0.178. The first-order chi connectivity index (χ1) is 7.39. The predicted octanol–water partition coefficient (Wildman–Crippen LogP) is 1.95. The minimum absolute atomic E-state index is 0.178. The standard InChI is InChI=1S/C12H22N2O2/c1-5-14(9-6-8-13)10-7-11(15)16-12(2,3)4/h5-7,9-10H2,1-4H3. The van der Waals surface area contributed by atoms with E-state index in [4.69, 9.17) is 10.00 Å². The second-order valence-corrected chi connectivity index (χ2v) is 4.68. The van der Waals surface area contributed by atoms with E-state index in [0.29, 0.717) is 19.4 Å². The van der Waals surface area contributed by atoms with Gasteiger partial charge in [-0.3, -0.25) is 4.79 Å². The van der Waals surface area contributed by atoms with Gasteiger partial charge < -0.3 is 9.64 Å². The largest absolute Gasteiger partial charge is 0.460 e. The summed E-state index contributed by atoms with van der Waals surface area (Å²) in [6.45, 7) is 9.83. The fourth-order valence-electron chi connectivity index (χ4n) is 1.28. The molecule has 0 bridgehead atoms. The Balaban J connectivity index is 3.85. The van der Waals surface area contributed by atoms with Gasteiger partial charge in [-0.1, -0.05) is 6.92 Å². The Morgan fingerprint density at radius 1 is 1.38 bits per heavy atom. The summed E-state index contributed by atoms with van der Waals surface area (Å²) >= 11 is 0. The van der Waals surface area contributed by atoms with Crippen LogP contribution in [-0.4, -0.2) is 36.1 Å². The van der Waals surface area contributed by atoms with Gasteiger partial charge in [-0.05, 0) is 27.3 Å². The lowest BCUT2D eigenvalue weighted by Crippen LogP contribution is -2.30. The van der Waals surface area contributed by atoms with Crippen molar-refractivity contribution in [2.75, 3.05) is 19.6 Å². The second-order valence-electron chi connectivity index (χ2n) is 4.68. The summed E-state index contributed by atoms with van der Waals surface area (Å²) in [5.41, 5.74) is -0.416. The number of esters is 1. The summed E-state index contributed by atoms with van der Waals surface area (Å²) in [6.07, 6.45) is 0.888. The third-order valence-corrected chi connectivity index (χ3v) is 2.04. The van der Waals surface area contributed by atoms with Crippen LogP contribution in [-0.2, 0) is 9.53 Å². The van der Waals surface area contributed by atoms with E-state index in [1.54, 1.807) is 0 Å². The summed E-state index contributed by atoms with van der Waals surface area (Å²) in [4.78, 5) is 13.5. The van der Waals surface area contributed by atoms with Gasteiger partial charge in [-0.15, -0.1) is 0 Å². The molecule has 0 saturated heterocycles. The van der Waals surface area contributed by atoms with Crippen LogP contribution < -0.4 is 0 Å². The first-order valence-electron chi connectivity index (χ1n) is 5.70. The molecule has 0 aromatic heterocycles. The molecular weight excluding hydrogens is 204 g/mol. The van der Waals surface area contributed by atoms with E-state index >= 15 is 0 Å². The van der Waals surface area contributed by atoms with Gasteiger partial charge in [0.2, 0.25) is 0 Å². The lowest BCUT2D eigenvalue weighted by Gasteiger charge is -2.22. The van der Waals surface area contributed by atoms with Crippen molar-refractivity contribution in [3.05, 3.63) is 0 Å². The van der Waals surface area contributed by atoms with E-state index in [9.17, 15) is 4.79 Å². The molecule has 4 nitrogen and oxygen atoms in total. The maximum Gasteiger partial charge on any atom is 0.307 e. The molecule has 0 N–H and O–H groups in total. The molecule has 0 fully saturated rings. The first kappa shape index (κ1) is 14.9. The highest BCUT2D eigenvalue weighted by Crippen LogP contribution is 2.08. The number of carbonyl (C=O) groups excluding carboxylic acids is 1. The molecule has 0 aliphatic carbocycles. The fraction of sp³-hybridized carbons (Fsp3) is 0.833. The molecule has 0 aliphatic rings. The highest BCUT2D eigenvalue weighted by atomic mass is 16.6. The summed E-state index contributed by atoms with van der Waals surface area (Å²) in [6, 6.07) is 2.10. The minimum Gasteiger partial charge on any atom is -0.460 e. The Morgan fingerprint density at radius 2 is 2.00 bits per heavy atom. The van der Waals surface area contributed by atoms with E-state index < -0.39 is 5.60 Å². The zero-order valence-electron chi connectivity index (χ0n) is 10.7. The van der Waals surface area contributed by atoms with Gasteiger partial charge >= 0.3 is 5.97 Å². The highest BCUT2D eigenvalue weighted by Gasteiger charge is 2.16. The Morgan fingerprint density at radius 3 is 2.44 bits per heavy atom. The molecule has 0 unspecified atom stereocenters. The molecule has 0 atom stereocenters. The van der Waals surface area contributed by atoms with Crippen molar-refractivity contribution in [3.8, 4) is 6.07 Å². The van der Waals surface area contributed by atoms with Gasteiger partial charge in [0.1, 0.15) is 5.60 Å². The molecular formula is C12H22N2O2. The van der Waals surface area contributed by atoms with Gasteiger partial charge in [0, 0.05) is 19.5 Å². The van der Waals surface area contributed by atoms with E-state index in [0.717, 1.165) is 13.1 Å². The van der Waals surface area contributed by atoms with Crippen LogP contribution in [0.1, 0.15) is 40.5 Å². The number of ether oxygens (including phenoxy) is 1. The average Bonchev–Trinajstić information content (AvgIpc) is 2.15. The topological polar surface area (TPSA) is 53.3 Å². The Labute approximate surface area is 98.2 Å². The fourth-order valence-corrected chi connectivity index (χ4v) is 1.28. The number of hydrogen-bond donors (Lipinski definition) is 0. The molecule has 0 aromatic rings. The van der Waals surface area contributed by atoms with Crippen molar-refractivity contribution in [1.29, 1.82) is 5.26 Å². The molecule has 0 amide bonds. The van der Waals surface area contributed by atoms with Gasteiger partial charge in [0.05, 0.1) is 12.5 Å². The Bertz CT molecular complexity index is 251. The number of nitriles is 1. The van der Waals surface area contributed by atoms with Crippen molar-refractivity contribution in [2.45, 2.75) is 46.1 Å². The number of carbonyl (C=O) groups is 1. The predicted molar refractivity (Wildman–Crippen MR) is 62.8 cm³/mol. The number of nitrogens with zero attached hydrogens (tertiary/aromatic N) is 2. The van der Waals surface area contributed by atoms with Crippen LogP contribution >= 0.6 is 0 Å². The molecule has 16 heavy (non-hydrogen) atoms. The van der Waals surface area contributed by atoms with E-state index in [1.165, 1.54) is 0 Å². The maximum atomic E-state index is 11.4. The van der Waals surface area contributed by atoms with Crippen LogP contribution in [0.2, 0.25) is 0 Å². The molecule has 0 aromatic carbocycles. The molecule has 0 heterocycles. The number of rotatable bonds is 6. The van der Waals surface area contributed by atoms with E-state index in [2.05, 4.69) is 11.0 Å². The summed E-state index contributed by atoms with van der Waals surface area (Å²) in [5, 5.41) is 8.47. The SMILES string of the molecule is CCN(CCC#N)CCC(=O)OC(C)(C)C. The molecule has 4 heteroatoms. The van der Waals surface area contributed by atoms with Gasteiger partial charge in [0.25, 0.3) is 0 Å². The zero-order chi connectivity index (χ0) is 12.6. The second kappa shape index (κ2) is 7.24. The van der Waals surface area contributed by atoms with Gasteiger partial charge in [0.15, 0.2) is 0 Å². The molecule has 0 radical (unpaired) electrons. The van der Waals surface area contributed by atoms with E-state index in [1.807, 2.05) is 27.7 Å². The van der Waals surface area contributed by atoms with Gasteiger partial charge in [-0.2, -0.15) is 5.26 Å². The van der Waals surface area contributed by atoms with Crippen LogP contribution in [0, 0.1) is 11.3 Å². The average molecular weight is 226 g/mol.